The van der Waals surface area contributed by atoms with Crippen LogP contribution in [0.15, 0.2) is 48.5 Å². The molecule has 0 unspecified atom stereocenters. The molecule has 1 N–H and O–H groups in total. The molecule has 0 saturated heterocycles. The molecule has 2 aromatic rings. The first-order valence-electron chi connectivity index (χ1n) is 6.19. The topological polar surface area (TPSA) is 23.5 Å². The number of aromatic hydroxyl groups is 1. The van der Waals surface area contributed by atoms with E-state index in [-0.39, 0.29) is 0 Å². The Balaban J connectivity index is 1.95. The summed E-state index contributed by atoms with van der Waals surface area (Å²) in [5.41, 5.74) is 3.82. The van der Waals surface area contributed by atoms with Gasteiger partial charge in [0.1, 0.15) is 5.75 Å². The lowest BCUT2D eigenvalue weighted by atomic mass is 10.0. The van der Waals surface area contributed by atoms with E-state index in [9.17, 15) is 5.11 Å². The van der Waals surface area contributed by atoms with Crippen LogP contribution in [0.3, 0.4) is 0 Å². The van der Waals surface area contributed by atoms with Crippen LogP contribution < -0.4 is 4.90 Å². The van der Waals surface area contributed by atoms with Gasteiger partial charge in [-0.15, -0.1) is 0 Å². The van der Waals surface area contributed by atoms with Gasteiger partial charge in [0.2, 0.25) is 0 Å². The van der Waals surface area contributed by atoms with E-state index in [2.05, 4.69) is 29.2 Å². The van der Waals surface area contributed by atoms with Crippen molar-refractivity contribution in [3.8, 4) is 5.75 Å². The first-order chi connectivity index (χ1) is 8.65. The van der Waals surface area contributed by atoms with Gasteiger partial charge in [-0.3, -0.25) is 0 Å². The van der Waals surface area contributed by atoms with Gasteiger partial charge in [0.05, 0.1) is 0 Å². The molecular weight excluding hydrogens is 222 g/mol. The number of phenols is 1. The van der Waals surface area contributed by atoms with Gasteiger partial charge >= 0.3 is 0 Å². The zero-order valence-electron chi connectivity index (χ0n) is 10.9. The predicted molar refractivity (Wildman–Crippen MR) is 76.3 cm³/mol. The highest BCUT2D eigenvalue weighted by atomic mass is 16.3. The largest absolute Gasteiger partial charge is 0.508 e. The van der Waals surface area contributed by atoms with Crippen molar-refractivity contribution >= 4 is 5.69 Å². The standard InChI is InChI=1S/C16H19NO/c1-17(2)15-9-5-13(6-10-15)3-4-14-7-11-16(18)12-8-14/h5-12,18H,3-4H2,1-2H3. The number of hydrogen-bond acceptors (Lipinski definition) is 2. The molecule has 0 heterocycles. The lowest BCUT2D eigenvalue weighted by Crippen LogP contribution is -2.08. The van der Waals surface area contributed by atoms with Crippen LogP contribution >= 0.6 is 0 Å². The van der Waals surface area contributed by atoms with Crippen LogP contribution in [0, 0.1) is 0 Å². The third-order valence-corrected chi connectivity index (χ3v) is 3.09. The summed E-state index contributed by atoms with van der Waals surface area (Å²) in [6.45, 7) is 0. The van der Waals surface area contributed by atoms with E-state index in [1.54, 1.807) is 12.1 Å². The summed E-state index contributed by atoms with van der Waals surface area (Å²) in [5, 5.41) is 9.22. The zero-order valence-corrected chi connectivity index (χ0v) is 10.9. The van der Waals surface area contributed by atoms with Crippen molar-refractivity contribution in [2.24, 2.45) is 0 Å². The lowest BCUT2D eigenvalue weighted by Gasteiger charge is -2.12. The minimum Gasteiger partial charge on any atom is -0.508 e. The Kier molecular flexibility index (Phi) is 3.88. The Morgan fingerprint density at radius 3 is 1.67 bits per heavy atom. The fourth-order valence-electron chi connectivity index (χ4n) is 1.91. The Morgan fingerprint density at radius 2 is 1.22 bits per heavy atom. The quantitative estimate of drug-likeness (QED) is 0.888. The first kappa shape index (κ1) is 12.5. The molecule has 0 fully saturated rings. The Morgan fingerprint density at radius 1 is 0.778 bits per heavy atom. The molecule has 2 heteroatoms. The third-order valence-electron chi connectivity index (χ3n) is 3.09. The van der Waals surface area contributed by atoms with E-state index in [1.807, 2.05) is 26.2 Å². The van der Waals surface area contributed by atoms with Crippen molar-refractivity contribution in [1.29, 1.82) is 0 Å². The maximum absolute atomic E-state index is 9.22. The normalized spacial score (nSPS) is 10.3. The van der Waals surface area contributed by atoms with E-state index in [1.165, 1.54) is 16.8 Å². The second-order valence-corrected chi connectivity index (χ2v) is 4.73. The monoisotopic (exact) mass is 241 g/mol. The smallest absolute Gasteiger partial charge is 0.115 e. The molecule has 2 aromatic carbocycles. The molecule has 0 aliphatic carbocycles. The van der Waals surface area contributed by atoms with Crippen LogP contribution in [0.4, 0.5) is 5.69 Å². The molecule has 18 heavy (non-hydrogen) atoms. The number of hydrogen-bond donors (Lipinski definition) is 1. The highest BCUT2D eigenvalue weighted by molar-refractivity contribution is 5.46. The Hall–Kier alpha value is -1.96. The molecule has 0 radical (unpaired) electrons. The van der Waals surface area contributed by atoms with Crippen LogP contribution in [-0.4, -0.2) is 19.2 Å². The van der Waals surface area contributed by atoms with Crippen molar-refractivity contribution in [2.45, 2.75) is 12.8 Å². The average Bonchev–Trinajstić information content (AvgIpc) is 2.38. The summed E-state index contributed by atoms with van der Waals surface area (Å²) in [6.07, 6.45) is 2.03. The molecule has 0 atom stereocenters. The molecule has 2 rings (SSSR count). The zero-order chi connectivity index (χ0) is 13.0. The summed E-state index contributed by atoms with van der Waals surface area (Å²) in [5.74, 6) is 0.328. The molecule has 2 nitrogen and oxygen atoms in total. The van der Waals surface area contributed by atoms with Crippen molar-refractivity contribution in [3.63, 3.8) is 0 Å². The van der Waals surface area contributed by atoms with Gasteiger partial charge in [-0.05, 0) is 48.2 Å². The number of phenolic OH excluding ortho intramolecular Hbond substituents is 1. The number of anilines is 1. The molecule has 94 valence electrons. The predicted octanol–water partition coefficient (Wildman–Crippen LogP) is 3.24. The van der Waals surface area contributed by atoms with Crippen molar-refractivity contribution in [3.05, 3.63) is 59.7 Å². The van der Waals surface area contributed by atoms with Crippen LogP contribution in [0.2, 0.25) is 0 Å². The molecular formula is C16H19NO. The maximum Gasteiger partial charge on any atom is 0.115 e. The van der Waals surface area contributed by atoms with E-state index in [0.29, 0.717) is 5.75 Å². The molecule has 0 aromatic heterocycles. The minimum atomic E-state index is 0.328. The Bertz CT molecular complexity index is 486. The van der Waals surface area contributed by atoms with E-state index < -0.39 is 0 Å². The average molecular weight is 241 g/mol. The fraction of sp³-hybridized carbons (Fsp3) is 0.250. The van der Waals surface area contributed by atoms with Crippen molar-refractivity contribution in [1.82, 2.24) is 0 Å². The molecule has 0 bridgehead atoms. The number of nitrogens with zero attached hydrogens (tertiary/aromatic N) is 1. The highest BCUT2D eigenvalue weighted by Gasteiger charge is 1.98. The second kappa shape index (κ2) is 5.58. The van der Waals surface area contributed by atoms with Crippen molar-refractivity contribution in [2.75, 3.05) is 19.0 Å². The summed E-state index contributed by atoms with van der Waals surface area (Å²) in [6, 6.07) is 16.1. The summed E-state index contributed by atoms with van der Waals surface area (Å²) < 4.78 is 0. The van der Waals surface area contributed by atoms with Crippen molar-refractivity contribution < 1.29 is 5.11 Å². The molecule has 0 spiro atoms. The SMILES string of the molecule is CN(C)c1ccc(CCc2ccc(O)cc2)cc1. The number of benzene rings is 2. The molecule has 0 aliphatic rings. The van der Waals surface area contributed by atoms with Crippen LogP contribution in [-0.2, 0) is 12.8 Å². The van der Waals surface area contributed by atoms with Gasteiger partial charge in [-0.1, -0.05) is 24.3 Å². The second-order valence-electron chi connectivity index (χ2n) is 4.73. The summed E-state index contributed by atoms with van der Waals surface area (Å²) in [4.78, 5) is 2.10. The first-order valence-corrected chi connectivity index (χ1v) is 6.19. The van der Waals surface area contributed by atoms with Crippen LogP contribution in [0.5, 0.6) is 5.75 Å². The number of rotatable bonds is 4. The van der Waals surface area contributed by atoms with Crippen LogP contribution in [0.25, 0.3) is 0 Å². The number of aryl methyl sites for hydroxylation is 2. The Labute approximate surface area is 109 Å². The van der Waals surface area contributed by atoms with Gasteiger partial charge in [-0.25, -0.2) is 0 Å². The van der Waals surface area contributed by atoms with Crippen LogP contribution in [0.1, 0.15) is 11.1 Å². The van der Waals surface area contributed by atoms with Gasteiger partial charge in [0, 0.05) is 19.8 Å². The molecule has 0 aliphatic heterocycles. The van der Waals surface area contributed by atoms with Gasteiger partial charge in [-0.2, -0.15) is 0 Å². The highest BCUT2D eigenvalue weighted by Crippen LogP contribution is 2.15. The van der Waals surface area contributed by atoms with Gasteiger partial charge in [0.15, 0.2) is 0 Å². The minimum absolute atomic E-state index is 0.328. The van der Waals surface area contributed by atoms with Gasteiger partial charge in [0.25, 0.3) is 0 Å². The molecule has 0 amide bonds. The summed E-state index contributed by atoms with van der Waals surface area (Å²) in [7, 11) is 4.09. The van der Waals surface area contributed by atoms with E-state index >= 15 is 0 Å². The third kappa shape index (κ3) is 3.27. The van der Waals surface area contributed by atoms with Gasteiger partial charge < -0.3 is 10.0 Å². The fourth-order valence-corrected chi connectivity index (χ4v) is 1.91. The van der Waals surface area contributed by atoms with E-state index in [0.717, 1.165) is 12.8 Å². The lowest BCUT2D eigenvalue weighted by molar-refractivity contribution is 0.475. The molecule has 0 saturated carbocycles. The maximum atomic E-state index is 9.22. The van der Waals surface area contributed by atoms with E-state index in [4.69, 9.17) is 0 Å². The summed E-state index contributed by atoms with van der Waals surface area (Å²) >= 11 is 0.